The van der Waals surface area contributed by atoms with Gasteiger partial charge in [0.1, 0.15) is 0 Å². The van der Waals surface area contributed by atoms with Crippen LogP contribution in [0.4, 0.5) is 5.69 Å². The molecule has 1 aliphatic heterocycles. The molecule has 1 aromatic rings. The van der Waals surface area contributed by atoms with E-state index in [4.69, 9.17) is 5.73 Å². The fraction of sp³-hybridized carbons (Fsp3) is 0.733. The van der Waals surface area contributed by atoms with Gasteiger partial charge in [-0.25, -0.2) is 0 Å². The first-order chi connectivity index (χ1) is 9.88. The van der Waals surface area contributed by atoms with E-state index in [9.17, 15) is 4.79 Å². The highest BCUT2D eigenvalue weighted by Gasteiger charge is 2.27. The maximum atomic E-state index is 12.4. The van der Waals surface area contributed by atoms with Crippen molar-refractivity contribution < 1.29 is 4.79 Å². The summed E-state index contributed by atoms with van der Waals surface area (Å²) in [6, 6.07) is 0.568. The molecule has 0 aromatic carbocycles. The second-order valence-corrected chi connectivity index (χ2v) is 6.38. The van der Waals surface area contributed by atoms with E-state index in [0.717, 1.165) is 32.5 Å². The standard InChI is InChI=1S/C15H27N5O/c1-11(2)18(3)9-12-5-7-20(8-6-12)15(21)14-13(16)10-19(4)17-14/h10-12H,5-9,16H2,1-4H3. The van der Waals surface area contributed by atoms with Crippen LogP contribution in [0.3, 0.4) is 0 Å². The van der Waals surface area contributed by atoms with Gasteiger partial charge in [0.15, 0.2) is 5.69 Å². The lowest BCUT2D eigenvalue weighted by Gasteiger charge is -2.34. The Balaban J connectivity index is 1.89. The van der Waals surface area contributed by atoms with E-state index in [1.807, 2.05) is 4.90 Å². The van der Waals surface area contributed by atoms with E-state index >= 15 is 0 Å². The monoisotopic (exact) mass is 293 g/mol. The number of piperidine rings is 1. The minimum absolute atomic E-state index is 0.0382. The topological polar surface area (TPSA) is 67.4 Å². The van der Waals surface area contributed by atoms with Crippen molar-refractivity contribution in [3.63, 3.8) is 0 Å². The number of nitrogens with zero attached hydrogens (tertiary/aromatic N) is 4. The molecule has 1 aliphatic rings. The highest BCUT2D eigenvalue weighted by molar-refractivity contribution is 5.97. The zero-order chi connectivity index (χ0) is 15.6. The third kappa shape index (κ3) is 3.75. The van der Waals surface area contributed by atoms with Crippen molar-refractivity contribution in [2.45, 2.75) is 32.7 Å². The van der Waals surface area contributed by atoms with Crippen LogP contribution in [0.25, 0.3) is 0 Å². The number of anilines is 1. The maximum Gasteiger partial charge on any atom is 0.276 e. The maximum absolute atomic E-state index is 12.4. The van der Waals surface area contributed by atoms with Crippen molar-refractivity contribution in [3.05, 3.63) is 11.9 Å². The number of aryl methyl sites for hydroxylation is 1. The summed E-state index contributed by atoms with van der Waals surface area (Å²) in [4.78, 5) is 16.7. The number of aromatic nitrogens is 2. The van der Waals surface area contributed by atoms with Crippen molar-refractivity contribution in [2.75, 3.05) is 32.4 Å². The molecule has 1 saturated heterocycles. The van der Waals surface area contributed by atoms with Crippen molar-refractivity contribution in [1.82, 2.24) is 19.6 Å². The molecular weight excluding hydrogens is 266 g/mol. The van der Waals surface area contributed by atoms with Crippen LogP contribution in [0.1, 0.15) is 37.2 Å². The van der Waals surface area contributed by atoms with Gasteiger partial charge in [0.05, 0.1) is 5.69 Å². The summed E-state index contributed by atoms with van der Waals surface area (Å²) in [6.45, 7) is 7.12. The molecule has 0 saturated carbocycles. The summed E-state index contributed by atoms with van der Waals surface area (Å²) >= 11 is 0. The fourth-order valence-electron chi connectivity index (χ4n) is 2.76. The Morgan fingerprint density at radius 1 is 1.48 bits per heavy atom. The average molecular weight is 293 g/mol. The molecule has 2 rings (SSSR count). The molecule has 6 heteroatoms. The summed E-state index contributed by atoms with van der Waals surface area (Å²) in [5.74, 6) is 0.631. The predicted molar refractivity (Wildman–Crippen MR) is 84.0 cm³/mol. The summed E-state index contributed by atoms with van der Waals surface area (Å²) in [7, 11) is 3.94. The largest absolute Gasteiger partial charge is 0.396 e. The Labute approximate surface area is 126 Å². The quantitative estimate of drug-likeness (QED) is 0.905. The van der Waals surface area contributed by atoms with Gasteiger partial charge < -0.3 is 15.5 Å². The number of carbonyl (C=O) groups excluding carboxylic acids is 1. The van der Waals surface area contributed by atoms with Crippen LogP contribution in [-0.2, 0) is 7.05 Å². The van der Waals surface area contributed by atoms with Gasteiger partial charge in [0.25, 0.3) is 5.91 Å². The smallest absolute Gasteiger partial charge is 0.276 e. The van der Waals surface area contributed by atoms with E-state index in [1.165, 1.54) is 0 Å². The Morgan fingerprint density at radius 2 is 2.10 bits per heavy atom. The van der Waals surface area contributed by atoms with Gasteiger partial charge in [0.2, 0.25) is 0 Å². The number of carbonyl (C=O) groups is 1. The number of likely N-dealkylation sites (tertiary alicyclic amines) is 1. The molecule has 0 radical (unpaired) electrons. The fourth-order valence-corrected chi connectivity index (χ4v) is 2.76. The van der Waals surface area contributed by atoms with E-state index in [-0.39, 0.29) is 5.91 Å². The highest BCUT2D eigenvalue weighted by atomic mass is 16.2. The zero-order valence-corrected chi connectivity index (χ0v) is 13.5. The molecule has 0 atom stereocenters. The van der Waals surface area contributed by atoms with Gasteiger partial charge in [-0.05, 0) is 39.7 Å². The molecule has 1 amide bonds. The molecule has 0 aliphatic carbocycles. The van der Waals surface area contributed by atoms with Crippen LogP contribution in [-0.4, -0.2) is 58.2 Å². The normalized spacial score (nSPS) is 17.0. The third-order valence-electron chi connectivity index (χ3n) is 4.39. The minimum atomic E-state index is -0.0382. The van der Waals surface area contributed by atoms with E-state index in [2.05, 4.69) is 30.9 Å². The SMILES string of the molecule is CC(C)N(C)CC1CCN(C(=O)c2nn(C)cc2N)CC1. The van der Waals surface area contributed by atoms with Gasteiger partial charge in [-0.15, -0.1) is 0 Å². The first-order valence-electron chi connectivity index (χ1n) is 7.67. The van der Waals surface area contributed by atoms with E-state index < -0.39 is 0 Å². The molecule has 0 bridgehead atoms. The van der Waals surface area contributed by atoms with Gasteiger partial charge in [-0.3, -0.25) is 9.48 Å². The van der Waals surface area contributed by atoms with Crippen LogP contribution in [0.15, 0.2) is 6.20 Å². The molecule has 1 aromatic heterocycles. The Kier molecular flexibility index (Phi) is 4.88. The number of rotatable bonds is 4. The van der Waals surface area contributed by atoms with Crippen molar-refractivity contribution in [2.24, 2.45) is 13.0 Å². The number of nitrogens with two attached hydrogens (primary N) is 1. The second kappa shape index (κ2) is 6.47. The average Bonchev–Trinajstić information content (AvgIpc) is 2.77. The number of hydrogen-bond acceptors (Lipinski definition) is 4. The van der Waals surface area contributed by atoms with Gasteiger partial charge >= 0.3 is 0 Å². The Morgan fingerprint density at radius 3 is 2.57 bits per heavy atom. The summed E-state index contributed by atoms with van der Waals surface area (Å²) in [5, 5.41) is 4.17. The number of hydrogen-bond donors (Lipinski definition) is 1. The first-order valence-corrected chi connectivity index (χ1v) is 7.67. The van der Waals surface area contributed by atoms with Crippen LogP contribution in [0, 0.1) is 5.92 Å². The molecule has 21 heavy (non-hydrogen) atoms. The second-order valence-electron chi connectivity index (χ2n) is 6.38. The van der Waals surface area contributed by atoms with Crippen molar-refractivity contribution in [1.29, 1.82) is 0 Å². The molecule has 1 fully saturated rings. The van der Waals surface area contributed by atoms with Crippen molar-refractivity contribution >= 4 is 11.6 Å². The van der Waals surface area contributed by atoms with Gasteiger partial charge in [0, 0.05) is 38.9 Å². The highest BCUT2D eigenvalue weighted by Crippen LogP contribution is 2.21. The lowest BCUT2D eigenvalue weighted by Crippen LogP contribution is -2.42. The molecule has 6 nitrogen and oxygen atoms in total. The molecule has 0 unspecified atom stereocenters. The van der Waals surface area contributed by atoms with Gasteiger partial charge in [-0.1, -0.05) is 0 Å². The van der Waals surface area contributed by atoms with Gasteiger partial charge in [-0.2, -0.15) is 5.10 Å². The lowest BCUT2D eigenvalue weighted by molar-refractivity contribution is 0.0661. The Hall–Kier alpha value is -1.56. The summed E-state index contributed by atoms with van der Waals surface area (Å²) in [5.41, 5.74) is 6.68. The number of nitrogen functional groups attached to an aromatic ring is 1. The predicted octanol–water partition coefficient (Wildman–Crippen LogP) is 1.19. The third-order valence-corrected chi connectivity index (χ3v) is 4.39. The molecule has 2 heterocycles. The minimum Gasteiger partial charge on any atom is -0.396 e. The van der Waals surface area contributed by atoms with Crippen LogP contribution < -0.4 is 5.73 Å². The molecular formula is C15H27N5O. The Bertz CT molecular complexity index is 488. The van der Waals surface area contributed by atoms with Crippen LogP contribution in [0.5, 0.6) is 0 Å². The summed E-state index contributed by atoms with van der Waals surface area (Å²) < 4.78 is 1.59. The summed E-state index contributed by atoms with van der Waals surface area (Å²) in [6.07, 6.45) is 3.78. The van der Waals surface area contributed by atoms with E-state index in [0.29, 0.717) is 23.3 Å². The molecule has 118 valence electrons. The molecule has 2 N–H and O–H groups in total. The van der Waals surface area contributed by atoms with Crippen LogP contribution >= 0.6 is 0 Å². The van der Waals surface area contributed by atoms with Crippen LogP contribution in [0.2, 0.25) is 0 Å². The van der Waals surface area contributed by atoms with E-state index in [1.54, 1.807) is 17.9 Å². The zero-order valence-electron chi connectivity index (χ0n) is 13.5. The van der Waals surface area contributed by atoms with Crippen molar-refractivity contribution in [3.8, 4) is 0 Å². The number of amides is 1. The first kappa shape index (κ1) is 15.8. The lowest BCUT2D eigenvalue weighted by atomic mass is 9.95. The molecule has 0 spiro atoms.